The van der Waals surface area contributed by atoms with Crippen molar-refractivity contribution in [2.45, 2.75) is 32.2 Å². The molecule has 0 bridgehead atoms. The van der Waals surface area contributed by atoms with Gasteiger partial charge in [-0.15, -0.1) is 0 Å². The Labute approximate surface area is 116 Å². The van der Waals surface area contributed by atoms with Gasteiger partial charge in [-0.2, -0.15) is 5.26 Å². The summed E-state index contributed by atoms with van der Waals surface area (Å²) in [6, 6.07) is 10.8. The van der Waals surface area contributed by atoms with Gasteiger partial charge in [0.1, 0.15) is 0 Å². The van der Waals surface area contributed by atoms with Crippen molar-refractivity contribution in [1.29, 1.82) is 5.26 Å². The summed E-state index contributed by atoms with van der Waals surface area (Å²) in [5.41, 5.74) is 2.10. The molecule has 3 heteroatoms. The number of hydrogen-bond donors (Lipinski definition) is 1. The van der Waals surface area contributed by atoms with Crippen LogP contribution in [0.1, 0.15) is 43.4 Å². The Morgan fingerprint density at radius 1 is 1.26 bits per heavy atom. The Morgan fingerprint density at radius 2 is 1.95 bits per heavy atom. The molecule has 1 heterocycles. The summed E-state index contributed by atoms with van der Waals surface area (Å²) in [5, 5.41) is 12.3. The molecule has 0 amide bonds. The molecule has 1 aromatic rings. The summed E-state index contributed by atoms with van der Waals surface area (Å²) in [7, 11) is 0. The monoisotopic (exact) mass is 257 g/mol. The SMILES string of the molecule is CCCC[C@@H](c1ccc(C#N)cc1)N1CCNCC1. The molecule has 1 aromatic carbocycles. The quantitative estimate of drug-likeness (QED) is 0.881. The van der Waals surface area contributed by atoms with Crippen LogP contribution in [-0.4, -0.2) is 31.1 Å². The number of benzene rings is 1. The maximum absolute atomic E-state index is 8.89. The molecule has 102 valence electrons. The van der Waals surface area contributed by atoms with Crippen LogP contribution in [0, 0.1) is 11.3 Å². The molecule has 2 rings (SSSR count). The molecular weight excluding hydrogens is 234 g/mol. The highest BCUT2D eigenvalue weighted by Crippen LogP contribution is 2.26. The van der Waals surface area contributed by atoms with Crippen molar-refractivity contribution in [3.05, 3.63) is 35.4 Å². The van der Waals surface area contributed by atoms with Crippen LogP contribution in [-0.2, 0) is 0 Å². The first-order chi connectivity index (χ1) is 9.35. The molecule has 1 aliphatic rings. The highest BCUT2D eigenvalue weighted by atomic mass is 15.2. The number of piperazine rings is 1. The maximum atomic E-state index is 8.89. The minimum absolute atomic E-state index is 0.509. The minimum atomic E-state index is 0.509. The second-order valence-corrected chi connectivity index (χ2v) is 5.18. The zero-order valence-electron chi connectivity index (χ0n) is 11.7. The molecule has 1 fully saturated rings. The van der Waals surface area contributed by atoms with Gasteiger partial charge in [0.15, 0.2) is 0 Å². The third kappa shape index (κ3) is 3.79. The van der Waals surface area contributed by atoms with Crippen molar-refractivity contribution in [1.82, 2.24) is 10.2 Å². The predicted molar refractivity (Wildman–Crippen MR) is 77.9 cm³/mol. The average molecular weight is 257 g/mol. The predicted octanol–water partition coefficient (Wildman–Crippen LogP) is 2.69. The summed E-state index contributed by atoms with van der Waals surface area (Å²) >= 11 is 0. The molecule has 0 unspecified atom stereocenters. The van der Waals surface area contributed by atoms with E-state index in [2.05, 4.69) is 35.3 Å². The molecule has 0 aromatic heterocycles. The number of hydrogen-bond acceptors (Lipinski definition) is 3. The van der Waals surface area contributed by atoms with Crippen LogP contribution in [0.15, 0.2) is 24.3 Å². The van der Waals surface area contributed by atoms with Gasteiger partial charge in [-0.05, 0) is 24.1 Å². The number of nitrogens with one attached hydrogen (secondary N) is 1. The molecule has 0 spiro atoms. The van der Waals surface area contributed by atoms with Crippen LogP contribution < -0.4 is 5.32 Å². The summed E-state index contributed by atoms with van der Waals surface area (Å²) in [6.45, 7) is 6.65. The highest BCUT2D eigenvalue weighted by Gasteiger charge is 2.21. The van der Waals surface area contributed by atoms with Crippen molar-refractivity contribution in [3.63, 3.8) is 0 Å². The standard InChI is InChI=1S/C16H23N3/c1-2-3-4-16(19-11-9-18-10-12-19)15-7-5-14(13-17)6-8-15/h5-8,16,18H,2-4,9-12H2,1H3/t16-/m0/s1. The number of rotatable bonds is 5. The fraction of sp³-hybridized carbons (Fsp3) is 0.562. The Bertz CT molecular complexity index is 413. The Morgan fingerprint density at radius 3 is 2.53 bits per heavy atom. The first kappa shape index (κ1) is 14.0. The molecule has 1 saturated heterocycles. The van der Waals surface area contributed by atoms with Crippen LogP contribution in [0.2, 0.25) is 0 Å². The fourth-order valence-electron chi connectivity index (χ4n) is 2.73. The minimum Gasteiger partial charge on any atom is -0.314 e. The van der Waals surface area contributed by atoms with E-state index in [1.165, 1.54) is 24.8 Å². The summed E-state index contributed by atoms with van der Waals surface area (Å²) in [5.74, 6) is 0. The van der Waals surface area contributed by atoms with Crippen LogP contribution in [0.25, 0.3) is 0 Å². The van der Waals surface area contributed by atoms with Crippen LogP contribution >= 0.6 is 0 Å². The first-order valence-electron chi connectivity index (χ1n) is 7.30. The lowest BCUT2D eigenvalue weighted by molar-refractivity contribution is 0.163. The van der Waals surface area contributed by atoms with E-state index in [1.54, 1.807) is 0 Å². The lowest BCUT2D eigenvalue weighted by atomic mass is 9.98. The van der Waals surface area contributed by atoms with Crippen LogP contribution in [0.4, 0.5) is 0 Å². The van der Waals surface area contributed by atoms with Gasteiger partial charge in [-0.25, -0.2) is 0 Å². The number of nitrogens with zero attached hydrogens (tertiary/aromatic N) is 2. The average Bonchev–Trinajstić information content (AvgIpc) is 2.49. The van der Waals surface area contributed by atoms with E-state index in [1.807, 2.05) is 12.1 Å². The van der Waals surface area contributed by atoms with Crippen molar-refractivity contribution < 1.29 is 0 Å². The van der Waals surface area contributed by atoms with E-state index < -0.39 is 0 Å². The van der Waals surface area contributed by atoms with Crippen LogP contribution in [0.3, 0.4) is 0 Å². The van der Waals surface area contributed by atoms with Crippen molar-refractivity contribution in [3.8, 4) is 6.07 Å². The van der Waals surface area contributed by atoms with Crippen molar-refractivity contribution >= 4 is 0 Å². The largest absolute Gasteiger partial charge is 0.314 e. The van der Waals surface area contributed by atoms with E-state index in [4.69, 9.17) is 5.26 Å². The van der Waals surface area contributed by atoms with E-state index in [-0.39, 0.29) is 0 Å². The second kappa shape index (κ2) is 7.28. The molecular formula is C16H23N3. The highest BCUT2D eigenvalue weighted by molar-refractivity contribution is 5.33. The van der Waals surface area contributed by atoms with Crippen LogP contribution in [0.5, 0.6) is 0 Å². The molecule has 1 N–H and O–H groups in total. The lowest BCUT2D eigenvalue weighted by Crippen LogP contribution is -2.45. The molecule has 0 radical (unpaired) electrons. The zero-order chi connectivity index (χ0) is 13.5. The van der Waals surface area contributed by atoms with Gasteiger partial charge in [0, 0.05) is 32.2 Å². The van der Waals surface area contributed by atoms with Gasteiger partial charge in [-0.3, -0.25) is 4.90 Å². The van der Waals surface area contributed by atoms with Crippen molar-refractivity contribution in [2.24, 2.45) is 0 Å². The Balaban J connectivity index is 2.12. The number of unbranched alkanes of at least 4 members (excludes halogenated alkanes) is 1. The normalized spacial score (nSPS) is 17.9. The van der Waals surface area contributed by atoms with Gasteiger partial charge in [0.05, 0.1) is 11.6 Å². The van der Waals surface area contributed by atoms with Gasteiger partial charge < -0.3 is 5.32 Å². The summed E-state index contributed by atoms with van der Waals surface area (Å²) in [4.78, 5) is 2.58. The molecule has 3 nitrogen and oxygen atoms in total. The van der Waals surface area contributed by atoms with E-state index in [0.29, 0.717) is 6.04 Å². The molecule has 1 aliphatic heterocycles. The van der Waals surface area contributed by atoms with Gasteiger partial charge in [0.25, 0.3) is 0 Å². The summed E-state index contributed by atoms with van der Waals surface area (Å²) in [6.07, 6.45) is 3.70. The topological polar surface area (TPSA) is 39.1 Å². The van der Waals surface area contributed by atoms with Gasteiger partial charge in [-0.1, -0.05) is 31.9 Å². The van der Waals surface area contributed by atoms with Crippen molar-refractivity contribution in [2.75, 3.05) is 26.2 Å². The molecule has 19 heavy (non-hydrogen) atoms. The van der Waals surface area contributed by atoms with Gasteiger partial charge in [0.2, 0.25) is 0 Å². The third-order valence-corrected chi connectivity index (χ3v) is 3.85. The maximum Gasteiger partial charge on any atom is 0.0991 e. The molecule has 0 aliphatic carbocycles. The molecule has 1 atom stereocenters. The Hall–Kier alpha value is -1.37. The zero-order valence-corrected chi connectivity index (χ0v) is 11.7. The van der Waals surface area contributed by atoms with E-state index in [9.17, 15) is 0 Å². The first-order valence-corrected chi connectivity index (χ1v) is 7.30. The fourth-order valence-corrected chi connectivity index (χ4v) is 2.73. The van der Waals surface area contributed by atoms with Gasteiger partial charge >= 0.3 is 0 Å². The van der Waals surface area contributed by atoms with E-state index in [0.717, 1.165) is 31.7 Å². The lowest BCUT2D eigenvalue weighted by Gasteiger charge is -2.35. The van der Waals surface area contributed by atoms with E-state index >= 15 is 0 Å². The second-order valence-electron chi connectivity index (χ2n) is 5.18. The molecule has 0 saturated carbocycles. The Kier molecular flexibility index (Phi) is 5.38. The number of nitriles is 1. The summed E-state index contributed by atoms with van der Waals surface area (Å²) < 4.78 is 0. The smallest absolute Gasteiger partial charge is 0.0991 e. The third-order valence-electron chi connectivity index (χ3n) is 3.85.